The molecular formula is C27H28N2O5. The zero-order chi connectivity index (χ0) is 23.6. The lowest BCUT2D eigenvalue weighted by molar-refractivity contribution is -0.134. The zero-order valence-electron chi connectivity index (χ0n) is 18.9. The third-order valence-corrected chi connectivity index (χ3v) is 5.42. The largest absolute Gasteiger partial charge is 0.490 e. The van der Waals surface area contributed by atoms with Crippen LogP contribution in [0.3, 0.4) is 0 Å². The SMILES string of the molecule is O=C(Nc1ccc(CC(=O)N2CCOCC2)cc1)c1ccccc1OCCOc1ccccc1. The van der Waals surface area contributed by atoms with Gasteiger partial charge in [0.25, 0.3) is 5.91 Å². The first-order chi connectivity index (χ1) is 16.7. The molecule has 0 radical (unpaired) electrons. The van der Waals surface area contributed by atoms with E-state index in [1.807, 2.05) is 53.4 Å². The van der Waals surface area contributed by atoms with E-state index in [1.165, 1.54) is 0 Å². The van der Waals surface area contributed by atoms with Crippen LogP contribution in [0.1, 0.15) is 15.9 Å². The first-order valence-corrected chi connectivity index (χ1v) is 11.3. The predicted octanol–water partition coefficient (Wildman–Crippen LogP) is 3.80. The number of carbonyl (C=O) groups excluding carboxylic acids is 2. The van der Waals surface area contributed by atoms with Gasteiger partial charge < -0.3 is 24.4 Å². The number of carbonyl (C=O) groups is 2. The number of benzene rings is 3. The van der Waals surface area contributed by atoms with Crippen LogP contribution in [0.25, 0.3) is 0 Å². The van der Waals surface area contributed by atoms with Crippen LogP contribution < -0.4 is 14.8 Å². The van der Waals surface area contributed by atoms with Crippen LogP contribution in [0.15, 0.2) is 78.9 Å². The number of para-hydroxylation sites is 2. The van der Waals surface area contributed by atoms with Crippen molar-refractivity contribution < 1.29 is 23.8 Å². The summed E-state index contributed by atoms with van der Waals surface area (Å²) in [4.78, 5) is 27.1. The number of hydrogen-bond acceptors (Lipinski definition) is 5. The zero-order valence-corrected chi connectivity index (χ0v) is 18.9. The van der Waals surface area contributed by atoms with E-state index in [0.29, 0.717) is 62.9 Å². The topological polar surface area (TPSA) is 77.1 Å². The van der Waals surface area contributed by atoms with Crippen LogP contribution >= 0.6 is 0 Å². The first kappa shape index (κ1) is 23.3. The fourth-order valence-corrected chi connectivity index (χ4v) is 3.61. The van der Waals surface area contributed by atoms with Gasteiger partial charge in [0.05, 0.1) is 25.2 Å². The summed E-state index contributed by atoms with van der Waals surface area (Å²) in [6.45, 7) is 3.11. The molecule has 1 aliphatic heterocycles. The van der Waals surface area contributed by atoms with Gasteiger partial charge in [-0.2, -0.15) is 0 Å². The van der Waals surface area contributed by atoms with Crippen molar-refractivity contribution in [2.45, 2.75) is 6.42 Å². The monoisotopic (exact) mass is 460 g/mol. The number of anilines is 1. The molecule has 0 aromatic heterocycles. The minimum Gasteiger partial charge on any atom is -0.490 e. The molecule has 0 atom stereocenters. The Morgan fingerprint density at radius 3 is 2.26 bits per heavy atom. The summed E-state index contributed by atoms with van der Waals surface area (Å²) in [5.74, 6) is 1.08. The van der Waals surface area contributed by atoms with E-state index in [-0.39, 0.29) is 11.8 Å². The Labute approximate surface area is 199 Å². The van der Waals surface area contributed by atoms with Gasteiger partial charge in [-0.05, 0) is 42.0 Å². The van der Waals surface area contributed by atoms with Gasteiger partial charge in [0.1, 0.15) is 24.7 Å². The number of nitrogens with zero attached hydrogens (tertiary/aromatic N) is 1. The Hall–Kier alpha value is -3.84. The van der Waals surface area contributed by atoms with Gasteiger partial charge in [0.2, 0.25) is 5.91 Å². The normalized spacial score (nSPS) is 13.2. The maximum Gasteiger partial charge on any atom is 0.259 e. The minimum atomic E-state index is -0.267. The van der Waals surface area contributed by atoms with E-state index in [0.717, 1.165) is 11.3 Å². The first-order valence-electron chi connectivity index (χ1n) is 11.3. The third-order valence-electron chi connectivity index (χ3n) is 5.42. The fraction of sp³-hybridized carbons (Fsp3) is 0.259. The fourth-order valence-electron chi connectivity index (χ4n) is 3.61. The van der Waals surface area contributed by atoms with E-state index in [9.17, 15) is 9.59 Å². The molecular weight excluding hydrogens is 432 g/mol. The standard InChI is InChI=1S/C27H28N2O5/c30-26(29-14-16-32-17-15-29)20-21-10-12-22(13-11-21)28-27(31)24-8-4-5-9-25(24)34-19-18-33-23-6-2-1-3-7-23/h1-13H,14-20H2,(H,28,31). The van der Waals surface area contributed by atoms with E-state index >= 15 is 0 Å². The molecule has 4 rings (SSSR count). The van der Waals surface area contributed by atoms with Gasteiger partial charge >= 0.3 is 0 Å². The number of morpholine rings is 1. The van der Waals surface area contributed by atoms with Gasteiger partial charge in [-0.25, -0.2) is 0 Å². The van der Waals surface area contributed by atoms with E-state index in [1.54, 1.807) is 30.3 Å². The third kappa shape index (κ3) is 6.59. The van der Waals surface area contributed by atoms with Crippen LogP contribution in [0.5, 0.6) is 11.5 Å². The second kappa shape index (κ2) is 11.9. The molecule has 0 saturated carbocycles. The minimum absolute atomic E-state index is 0.0856. The lowest BCUT2D eigenvalue weighted by atomic mass is 10.1. The molecule has 1 aliphatic rings. The van der Waals surface area contributed by atoms with Crippen molar-refractivity contribution >= 4 is 17.5 Å². The quantitative estimate of drug-likeness (QED) is 0.492. The maximum absolute atomic E-state index is 12.9. The van der Waals surface area contributed by atoms with Gasteiger partial charge in [-0.15, -0.1) is 0 Å². The van der Waals surface area contributed by atoms with Gasteiger partial charge in [0.15, 0.2) is 0 Å². The second-order valence-corrected chi connectivity index (χ2v) is 7.83. The molecule has 0 spiro atoms. The van der Waals surface area contributed by atoms with Crippen molar-refractivity contribution in [2.75, 3.05) is 44.8 Å². The predicted molar refractivity (Wildman–Crippen MR) is 129 cm³/mol. The van der Waals surface area contributed by atoms with Crippen molar-refractivity contribution in [3.8, 4) is 11.5 Å². The number of hydrogen-bond donors (Lipinski definition) is 1. The highest BCUT2D eigenvalue weighted by molar-refractivity contribution is 6.06. The molecule has 3 aromatic rings. The molecule has 0 aliphatic carbocycles. The number of rotatable bonds is 9. The molecule has 1 heterocycles. The molecule has 1 fully saturated rings. The summed E-state index contributed by atoms with van der Waals surface area (Å²) in [6.07, 6.45) is 0.329. The van der Waals surface area contributed by atoms with Crippen LogP contribution in [0.4, 0.5) is 5.69 Å². The Kier molecular flexibility index (Phi) is 8.13. The molecule has 7 nitrogen and oxygen atoms in total. The molecule has 2 amide bonds. The van der Waals surface area contributed by atoms with Crippen LogP contribution in [0, 0.1) is 0 Å². The maximum atomic E-state index is 12.9. The van der Waals surface area contributed by atoms with Gasteiger partial charge in [-0.1, -0.05) is 42.5 Å². The van der Waals surface area contributed by atoms with Crippen LogP contribution in [-0.4, -0.2) is 56.2 Å². The average molecular weight is 461 g/mol. The smallest absolute Gasteiger partial charge is 0.259 e. The van der Waals surface area contributed by atoms with E-state index in [4.69, 9.17) is 14.2 Å². The van der Waals surface area contributed by atoms with Gasteiger partial charge in [0, 0.05) is 18.8 Å². The number of ether oxygens (including phenoxy) is 3. The molecule has 3 aromatic carbocycles. The van der Waals surface area contributed by atoms with Crippen LogP contribution in [0.2, 0.25) is 0 Å². The van der Waals surface area contributed by atoms with E-state index < -0.39 is 0 Å². The van der Waals surface area contributed by atoms with Crippen molar-refractivity contribution in [1.82, 2.24) is 4.90 Å². The number of nitrogens with one attached hydrogen (secondary N) is 1. The van der Waals surface area contributed by atoms with Crippen molar-refractivity contribution in [1.29, 1.82) is 0 Å². The molecule has 0 unspecified atom stereocenters. The average Bonchev–Trinajstić information content (AvgIpc) is 2.89. The van der Waals surface area contributed by atoms with Gasteiger partial charge in [-0.3, -0.25) is 9.59 Å². The Morgan fingerprint density at radius 2 is 1.50 bits per heavy atom. The Morgan fingerprint density at radius 1 is 0.824 bits per heavy atom. The molecule has 34 heavy (non-hydrogen) atoms. The second-order valence-electron chi connectivity index (χ2n) is 7.83. The summed E-state index contributed by atoms with van der Waals surface area (Å²) in [6, 6.07) is 23.9. The van der Waals surface area contributed by atoms with Crippen molar-refractivity contribution in [2.24, 2.45) is 0 Å². The molecule has 7 heteroatoms. The molecule has 176 valence electrons. The summed E-state index contributed by atoms with van der Waals surface area (Å²) in [5.41, 5.74) is 1.99. The molecule has 1 N–H and O–H groups in total. The highest BCUT2D eigenvalue weighted by Gasteiger charge is 2.17. The lowest BCUT2D eigenvalue weighted by Gasteiger charge is -2.26. The highest BCUT2D eigenvalue weighted by atomic mass is 16.5. The van der Waals surface area contributed by atoms with Crippen molar-refractivity contribution in [3.05, 3.63) is 90.0 Å². The summed E-state index contributed by atoms with van der Waals surface area (Å²) in [7, 11) is 0. The summed E-state index contributed by atoms with van der Waals surface area (Å²) >= 11 is 0. The summed E-state index contributed by atoms with van der Waals surface area (Å²) < 4.78 is 16.7. The number of amides is 2. The van der Waals surface area contributed by atoms with Crippen LogP contribution in [-0.2, 0) is 16.0 Å². The Bertz CT molecular complexity index is 1080. The summed E-state index contributed by atoms with van der Waals surface area (Å²) in [5, 5.41) is 2.90. The molecule has 0 bridgehead atoms. The lowest BCUT2D eigenvalue weighted by Crippen LogP contribution is -2.41. The highest BCUT2D eigenvalue weighted by Crippen LogP contribution is 2.20. The van der Waals surface area contributed by atoms with Crippen molar-refractivity contribution in [3.63, 3.8) is 0 Å². The molecule has 1 saturated heterocycles. The Balaban J connectivity index is 1.29. The van der Waals surface area contributed by atoms with E-state index in [2.05, 4.69) is 5.32 Å².